The average Bonchev–Trinajstić information content (AvgIpc) is 3.09. The number of nitrogens with zero attached hydrogens (tertiary/aromatic N) is 3. The van der Waals surface area contributed by atoms with Crippen molar-refractivity contribution in [2.45, 2.75) is 18.9 Å². The van der Waals surface area contributed by atoms with Gasteiger partial charge in [0.05, 0.1) is 28.2 Å². The van der Waals surface area contributed by atoms with E-state index in [1.807, 2.05) is 4.68 Å². The van der Waals surface area contributed by atoms with Gasteiger partial charge in [0.25, 0.3) is 5.91 Å². The lowest BCUT2D eigenvalue weighted by Crippen LogP contribution is -2.20. The molecular formula is C18H16Cl2N4O2. The minimum absolute atomic E-state index is 0.235. The molecule has 0 spiro atoms. The summed E-state index contributed by atoms with van der Waals surface area (Å²) in [4.78, 5) is 17.0. The van der Waals surface area contributed by atoms with Crippen molar-refractivity contribution in [1.82, 2.24) is 14.8 Å². The van der Waals surface area contributed by atoms with Crippen molar-refractivity contribution < 1.29 is 9.53 Å². The number of nitrogens with one attached hydrogen (secondary N) is 1. The van der Waals surface area contributed by atoms with E-state index in [1.165, 1.54) is 6.20 Å². The topological polar surface area (TPSA) is 69.0 Å². The number of anilines is 1. The fraction of sp³-hybridized carbons (Fsp3) is 0.278. The molecule has 0 aliphatic carbocycles. The largest absolute Gasteiger partial charge is 0.381 e. The zero-order chi connectivity index (χ0) is 18.1. The highest BCUT2D eigenvalue weighted by Gasteiger charge is 2.22. The van der Waals surface area contributed by atoms with Crippen molar-refractivity contribution in [1.29, 1.82) is 0 Å². The summed E-state index contributed by atoms with van der Waals surface area (Å²) in [6.07, 6.45) is 4.93. The molecule has 134 valence electrons. The molecule has 26 heavy (non-hydrogen) atoms. The number of carbonyl (C=O) groups is 1. The van der Waals surface area contributed by atoms with E-state index in [4.69, 9.17) is 27.9 Å². The number of rotatable bonds is 3. The van der Waals surface area contributed by atoms with Gasteiger partial charge >= 0.3 is 0 Å². The van der Waals surface area contributed by atoms with E-state index in [0.29, 0.717) is 45.5 Å². The van der Waals surface area contributed by atoms with Crippen LogP contribution in [0.1, 0.15) is 29.2 Å². The molecular weight excluding hydrogens is 375 g/mol. The molecule has 1 aliphatic heterocycles. The number of ether oxygens (including phenoxy) is 1. The van der Waals surface area contributed by atoms with Crippen molar-refractivity contribution in [3.63, 3.8) is 0 Å². The minimum atomic E-state index is -0.328. The molecule has 4 rings (SSSR count). The van der Waals surface area contributed by atoms with Crippen LogP contribution in [0.2, 0.25) is 10.0 Å². The van der Waals surface area contributed by atoms with Crippen LogP contribution in [0.4, 0.5) is 5.69 Å². The van der Waals surface area contributed by atoms with Gasteiger partial charge in [-0.2, -0.15) is 5.10 Å². The number of hydrogen-bond donors (Lipinski definition) is 1. The maximum atomic E-state index is 12.6. The van der Waals surface area contributed by atoms with Crippen LogP contribution in [0, 0.1) is 0 Å². The van der Waals surface area contributed by atoms with Gasteiger partial charge in [0, 0.05) is 30.1 Å². The Hall–Kier alpha value is -2.15. The molecule has 1 amide bonds. The quantitative estimate of drug-likeness (QED) is 0.721. The highest BCUT2D eigenvalue weighted by atomic mass is 35.5. The Labute approximate surface area is 160 Å². The smallest absolute Gasteiger partial charge is 0.258 e. The molecule has 3 heterocycles. The lowest BCUT2D eigenvalue weighted by atomic mass is 10.1. The number of fused-ring (bicyclic) bond motifs is 1. The summed E-state index contributed by atoms with van der Waals surface area (Å²) in [7, 11) is 0. The third-order valence-corrected chi connectivity index (χ3v) is 5.10. The van der Waals surface area contributed by atoms with Gasteiger partial charge in [0.1, 0.15) is 0 Å². The lowest BCUT2D eigenvalue weighted by molar-refractivity contribution is 0.0673. The summed E-state index contributed by atoms with van der Waals surface area (Å²) in [6.45, 7) is 1.42. The van der Waals surface area contributed by atoms with Crippen LogP contribution >= 0.6 is 23.2 Å². The molecule has 3 aromatic rings. The number of carbonyl (C=O) groups excluding carboxylic acids is 1. The predicted molar refractivity (Wildman–Crippen MR) is 101 cm³/mol. The van der Waals surface area contributed by atoms with Gasteiger partial charge < -0.3 is 10.1 Å². The van der Waals surface area contributed by atoms with E-state index in [-0.39, 0.29) is 11.9 Å². The monoisotopic (exact) mass is 390 g/mol. The zero-order valence-corrected chi connectivity index (χ0v) is 15.3. The highest BCUT2D eigenvalue weighted by Crippen LogP contribution is 2.30. The summed E-state index contributed by atoms with van der Waals surface area (Å²) in [6, 6.07) is 7.10. The van der Waals surface area contributed by atoms with Crippen LogP contribution in [0.3, 0.4) is 0 Å². The van der Waals surface area contributed by atoms with Crippen molar-refractivity contribution >= 4 is 45.8 Å². The Bertz CT molecular complexity index is 950. The molecule has 1 N–H and O–H groups in total. The Morgan fingerprint density at radius 3 is 2.62 bits per heavy atom. The van der Waals surface area contributed by atoms with Crippen LogP contribution in [0.25, 0.3) is 11.0 Å². The number of amides is 1. The normalized spacial score (nSPS) is 15.3. The summed E-state index contributed by atoms with van der Waals surface area (Å²) in [5, 5.41) is 8.85. The molecule has 0 atom stereocenters. The predicted octanol–water partition coefficient (Wildman–Crippen LogP) is 4.34. The van der Waals surface area contributed by atoms with Crippen LogP contribution < -0.4 is 5.32 Å². The molecule has 2 aromatic heterocycles. The maximum Gasteiger partial charge on any atom is 0.258 e. The first kappa shape index (κ1) is 17.3. The van der Waals surface area contributed by atoms with Gasteiger partial charge in [-0.1, -0.05) is 23.2 Å². The van der Waals surface area contributed by atoms with Crippen molar-refractivity contribution in [2.75, 3.05) is 18.5 Å². The van der Waals surface area contributed by atoms with Crippen LogP contribution in [0.15, 0.2) is 36.7 Å². The Morgan fingerprint density at radius 2 is 1.88 bits per heavy atom. The van der Waals surface area contributed by atoms with Crippen molar-refractivity contribution in [3.05, 3.63) is 52.3 Å². The highest BCUT2D eigenvalue weighted by molar-refractivity contribution is 6.38. The van der Waals surface area contributed by atoms with Gasteiger partial charge in [0.2, 0.25) is 0 Å². The second kappa shape index (κ2) is 7.23. The number of pyridine rings is 1. The van der Waals surface area contributed by atoms with E-state index < -0.39 is 0 Å². The van der Waals surface area contributed by atoms with Gasteiger partial charge in [0.15, 0.2) is 5.65 Å². The minimum Gasteiger partial charge on any atom is -0.381 e. The van der Waals surface area contributed by atoms with E-state index in [9.17, 15) is 4.79 Å². The molecule has 0 unspecified atom stereocenters. The van der Waals surface area contributed by atoms with Gasteiger partial charge in [-0.05, 0) is 37.1 Å². The number of aromatic nitrogens is 3. The third-order valence-electron chi connectivity index (χ3n) is 4.44. The van der Waals surface area contributed by atoms with Crippen LogP contribution in [0.5, 0.6) is 0 Å². The maximum absolute atomic E-state index is 12.6. The first-order valence-corrected chi connectivity index (χ1v) is 9.05. The SMILES string of the molecule is O=C(Nc1ccc(Cl)cc1)c1cnc2c(cnn2C2CCOCC2)c1Cl. The Morgan fingerprint density at radius 1 is 1.15 bits per heavy atom. The van der Waals surface area contributed by atoms with Gasteiger partial charge in [-0.15, -0.1) is 0 Å². The zero-order valence-electron chi connectivity index (χ0n) is 13.8. The molecule has 1 aromatic carbocycles. The van der Waals surface area contributed by atoms with Gasteiger partial charge in [-0.3, -0.25) is 4.79 Å². The van der Waals surface area contributed by atoms with Crippen LogP contribution in [-0.2, 0) is 4.74 Å². The standard InChI is InChI=1S/C18H16Cl2N4O2/c19-11-1-3-12(4-2-11)23-18(25)15-9-21-17-14(16(15)20)10-22-24(17)13-5-7-26-8-6-13/h1-4,9-10,13H,5-8H2,(H,23,25). The molecule has 0 bridgehead atoms. The Balaban J connectivity index is 1.63. The molecule has 1 aliphatic rings. The second-order valence-corrected chi connectivity index (χ2v) is 6.93. The molecule has 8 heteroatoms. The van der Waals surface area contributed by atoms with E-state index in [2.05, 4.69) is 15.4 Å². The van der Waals surface area contributed by atoms with Gasteiger partial charge in [-0.25, -0.2) is 9.67 Å². The number of hydrogen-bond acceptors (Lipinski definition) is 4. The van der Waals surface area contributed by atoms with E-state index >= 15 is 0 Å². The Kier molecular flexibility index (Phi) is 4.80. The summed E-state index contributed by atoms with van der Waals surface area (Å²) in [5.74, 6) is -0.328. The fourth-order valence-electron chi connectivity index (χ4n) is 3.05. The molecule has 0 radical (unpaired) electrons. The summed E-state index contributed by atoms with van der Waals surface area (Å²) >= 11 is 12.3. The van der Waals surface area contributed by atoms with E-state index in [1.54, 1.807) is 30.5 Å². The van der Waals surface area contributed by atoms with Crippen molar-refractivity contribution in [3.8, 4) is 0 Å². The first-order valence-electron chi connectivity index (χ1n) is 8.30. The summed E-state index contributed by atoms with van der Waals surface area (Å²) < 4.78 is 7.28. The number of halogens is 2. The van der Waals surface area contributed by atoms with Crippen LogP contribution in [-0.4, -0.2) is 33.9 Å². The number of benzene rings is 1. The lowest BCUT2D eigenvalue weighted by Gasteiger charge is -2.22. The first-order chi connectivity index (χ1) is 12.6. The molecule has 6 nitrogen and oxygen atoms in total. The molecule has 1 fully saturated rings. The van der Waals surface area contributed by atoms with Crippen molar-refractivity contribution in [2.24, 2.45) is 0 Å². The van der Waals surface area contributed by atoms with E-state index in [0.717, 1.165) is 12.8 Å². The summed E-state index contributed by atoms with van der Waals surface area (Å²) in [5.41, 5.74) is 1.62. The average molecular weight is 391 g/mol. The molecule has 0 saturated carbocycles. The second-order valence-electron chi connectivity index (χ2n) is 6.12. The third kappa shape index (κ3) is 3.28. The fourth-order valence-corrected chi connectivity index (χ4v) is 3.45. The molecule has 1 saturated heterocycles.